The van der Waals surface area contributed by atoms with Crippen LogP contribution in [0.15, 0.2) is 42.6 Å². The number of carbonyl (C=O) groups is 1. The van der Waals surface area contributed by atoms with Gasteiger partial charge in [0, 0.05) is 11.8 Å². The molecule has 2 aromatic rings. The molecule has 2 N–H and O–H groups in total. The summed E-state index contributed by atoms with van der Waals surface area (Å²) in [6.45, 7) is 1.91. The molecule has 0 fully saturated rings. The van der Waals surface area contributed by atoms with Gasteiger partial charge in [-0.05, 0) is 42.8 Å². The number of aryl methyl sites for hydroxylation is 1. The minimum Gasteiger partial charge on any atom is -0.497 e. The van der Waals surface area contributed by atoms with Gasteiger partial charge in [0.25, 0.3) is 0 Å². The molecule has 1 heterocycles. The number of hydrogen-bond donors (Lipinski definition) is 2. The largest absolute Gasteiger partial charge is 0.497 e. The van der Waals surface area contributed by atoms with Gasteiger partial charge in [0.2, 0.25) is 5.78 Å². The van der Waals surface area contributed by atoms with Crippen LogP contribution in [0.1, 0.15) is 15.9 Å². The van der Waals surface area contributed by atoms with Crippen LogP contribution in [0.4, 0.5) is 5.82 Å². The average molecular weight is 272 g/mol. The number of methoxy groups -OCH3 is 1. The number of hydrogen-bond acceptors (Lipinski definition) is 5. The quantitative estimate of drug-likeness (QED) is 0.643. The number of aliphatic hydroxyl groups excluding tert-OH is 1. The molecular formula is C15H16N2O3. The minimum absolute atomic E-state index is 0.401. The molecule has 0 bridgehead atoms. The second kappa shape index (κ2) is 6.16. The Kier molecular flexibility index (Phi) is 4.32. The molecule has 0 aliphatic carbocycles. The molecule has 0 saturated heterocycles. The molecule has 2 rings (SSSR count). The fourth-order valence-corrected chi connectivity index (χ4v) is 1.67. The number of pyridine rings is 1. The molecular weight excluding hydrogens is 256 g/mol. The van der Waals surface area contributed by atoms with Gasteiger partial charge in [-0.25, -0.2) is 4.98 Å². The number of ether oxygens (including phenoxy) is 1. The second-order valence-electron chi connectivity index (χ2n) is 4.36. The third-order valence-electron chi connectivity index (χ3n) is 2.82. The highest BCUT2D eigenvalue weighted by Gasteiger charge is 2.17. The van der Waals surface area contributed by atoms with E-state index in [0.29, 0.717) is 17.1 Å². The number of rotatable bonds is 5. The molecule has 5 heteroatoms. The lowest BCUT2D eigenvalue weighted by molar-refractivity contribution is 0.0793. The predicted octanol–water partition coefficient (Wildman–Crippen LogP) is 2.01. The van der Waals surface area contributed by atoms with Crippen molar-refractivity contribution < 1.29 is 14.6 Å². The van der Waals surface area contributed by atoms with Crippen molar-refractivity contribution in [1.82, 2.24) is 4.98 Å². The van der Waals surface area contributed by atoms with Gasteiger partial charge in [-0.3, -0.25) is 4.79 Å². The summed E-state index contributed by atoms with van der Waals surface area (Å²) < 4.78 is 5.02. The Morgan fingerprint density at radius 3 is 2.50 bits per heavy atom. The molecule has 1 unspecified atom stereocenters. The van der Waals surface area contributed by atoms with E-state index in [-0.39, 0.29) is 0 Å². The van der Waals surface area contributed by atoms with Gasteiger partial charge in [-0.2, -0.15) is 0 Å². The highest BCUT2D eigenvalue weighted by molar-refractivity contribution is 6.00. The van der Waals surface area contributed by atoms with Gasteiger partial charge in [0.05, 0.1) is 7.11 Å². The first-order chi connectivity index (χ1) is 9.60. The molecule has 0 amide bonds. The van der Waals surface area contributed by atoms with E-state index in [1.165, 1.54) is 0 Å². The Morgan fingerprint density at radius 1 is 1.25 bits per heavy atom. The second-order valence-corrected chi connectivity index (χ2v) is 4.36. The summed E-state index contributed by atoms with van der Waals surface area (Å²) in [5.41, 5.74) is 1.41. The molecule has 1 atom stereocenters. The number of ketones is 1. The molecule has 0 aliphatic rings. The van der Waals surface area contributed by atoms with E-state index in [0.717, 1.165) is 5.56 Å². The maximum Gasteiger partial charge on any atom is 0.211 e. The van der Waals surface area contributed by atoms with Crippen molar-refractivity contribution >= 4 is 11.6 Å². The van der Waals surface area contributed by atoms with Gasteiger partial charge in [0.1, 0.15) is 11.6 Å². The first-order valence-corrected chi connectivity index (χ1v) is 6.15. The predicted molar refractivity (Wildman–Crippen MR) is 75.9 cm³/mol. The zero-order chi connectivity index (χ0) is 14.5. The Labute approximate surface area is 117 Å². The number of aromatic nitrogens is 1. The fraction of sp³-hybridized carbons (Fsp3) is 0.200. The zero-order valence-electron chi connectivity index (χ0n) is 11.3. The van der Waals surface area contributed by atoms with Crippen LogP contribution in [0.2, 0.25) is 0 Å². The molecule has 104 valence electrons. The molecule has 0 radical (unpaired) electrons. The summed E-state index contributed by atoms with van der Waals surface area (Å²) >= 11 is 0. The number of nitrogens with one attached hydrogen (secondary N) is 1. The van der Waals surface area contributed by atoms with Crippen LogP contribution < -0.4 is 10.1 Å². The van der Waals surface area contributed by atoms with Crippen molar-refractivity contribution in [2.45, 2.75) is 13.2 Å². The number of aliphatic hydroxyl groups is 1. The van der Waals surface area contributed by atoms with Crippen molar-refractivity contribution in [3.8, 4) is 5.75 Å². The van der Waals surface area contributed by atoms with E-state index >= 15 is 0 Å². The monoisotopic (exact) mass is 272 g/mol. The summed E-state index contributed by atoms with van der Waals surface area (Å²) in [5, 5.41) is 12.5. The zero-order valence-corrected chi connectivity index (χ0v) is 11.3. The van der Waals surface area contributed by atoms with Gasteiger partial charge >= 0.3 is 0 Å². The molecule has 1 aromatic heterocycles. The van der Waals surface area contributed by atoms with E-state index in [4.69, 9.17) is 4.74 Å². The normalized spacial score (nSPS) is 11.8. The maximum absolute atomic E-state index is 12.0. The maximum atomic E-state index is 12.0. The van der Waals surface area contributed by atoms with Crippen LogP contribution in [-0.4, -0.2) is 29.2 Å². The summed E-state index contributed by atoms with van der Waals surface area (Å²) in [7, 11) is 1.55. The molecule has 0 saturated carbocycles. The van der Waals surface area contributed by atoms with E-state index < -0.39 is 12.0 Å². The van der Waals surface area contributed by atoms with Crippen LogP contribution in [0.3, 0.4) is 0 Å². The smallest absolute Gasteiger partial charge is 0.211 e. The molecule has 0 spiro atoms. The topological polar surface area (TPSA) is 71.5 Å². The summed E-state index contributed by atoms with van der Waals surface area (Å²) in [4.78, 5) is 16.1. The van der Waals surface area contributed by atoms with Crippen LogP contribution >= 0.6 is 0 Å². The highest BCUT2D eigenvalue weighted by atomic mass is 16.5. The van der Waals surface area contributed by atoms with Gasteiger partial charge in [-0.15, -0.1) is 0 Å². The Morgan fingerprint density at radius 2 is 1.95 bits per heavy atom. The van der Waals surface area contributed by atoms with E-state index in [9.17, 15) is 9.90 Å². The molecule has 5 nitrogen and oxygen atoms in total. The van der Waals surface area contributed by atoms with E-state index in [1.54, 1.807) is 43.6 Å². The lowest BCUT2D eigenvalue weighted by atomic mass is 10.1. The first kappa shape index (κ1) is 14.0. The average Bonchev–Trinajstić information content (AvgIpc) is 2.49. The minimum atomic E-state index is -1.33. The van der Waals surface area contributed by atoms with E-state index in [1.807, 2.05) is 13.0 Å². The van der Waals surface area contributed by atoms with Gasteiger partial charge in [-0.1, -0.05) is 6.07 Å². The lowest BCUT2D eigenvalue weighted by Gasteiger charge is -2.12. The van der Waals surface area contributed by atoms with Crippen molar-refractivity contribution in [3.63, 3.8) is 0 Å². The molecule has 20 heavy (non-hydrogen) atoms. The van der Waals surface area contributed by atoms with Crippen molar-refractivity contribution in [2.75, 3.05) is 12.4 Å². The van der Waals surface area contributed by atoms with Crippen molar-refractivity contribution in [1.29, 1.82) is 0 Å². The van der Waals surface area contributed by atoms with Crippen LogP contribution in [-0.2, 0) is 0 Å². The van der Waals surface area contributed by atoms with Gasteiger partial charge < -0.3 is 15.2 Å². The first-order valence-electron chi connectivity index (χ1n) is 6.15. The number of benzene rings is 1. The Hall–Kier alpha value is -2.40. The van der Waals surface area contributed by atoms with Crippen LogP contribution in [0, 0.1) is 6.92 Å². The number of nitrogens with zero attached hydrogens (tertiary/aromatic N) is 1. The standard InChI is InChI=1S/C15H16N2O3/c1-10-3-8-13(16-9-10)17-15(19)14(18)11-4-6-12(20-2)7-5-11/h3-9,15,19H,1-2H3,(H,16,17). The Bertz CT molecular complexity index is 579. The third-order valence-corrected chi connectivity index (χ3v) is 2.82. The van der Waals surface area contributed by atoms with Gasteiger partial charge in [0.15, 0.2) is 6.23 Å². The summed E-state index contributed by atoms with van der Waals surface area (Å²) in [6, 6.07) is 10.1. The fourth-order valence-electron chi connectivity index (χ4n) is 1.67. The van der Waals surface area contributed by atoms with Crippen LogP contribution in [0.25, 0.3) is 0 Å². The number of Topliss-reactive ketones (excluding diaryl/α,β-unsaturated/α-hetero) is 1. The number of anilines is 1. The summed E-state index contributed by atoms with van der Waals surface area (Å²) in [6.07, 6.45) is 0.325. The molecule has 0 aliphatic heterocycles. The highest BCUT2D eigenvalue weighted by Crippen LogP contribution is 2.14. The SMILES string of the molecule is COc1ccc(C(=O)C(O)Nc2ccc(C)cn2)cc1. The number of carbonyl (C=O) groups excluding carboxylic acids is 1. The summed E-state index contributed by atoms with van der Waals surface area (Å²) in [5.74, 6) is 0.684. The van der Waals surface area contributed by atoms with E-state index in [2.05, 4.69) is 10.3 Å². The van der Waals surface area contributed by atoms with Crippen molar-refractivity contribution in [2.24, 2.45) is 0 Å². The third kappa shape index (κ3) is 3.33. The van der Waals surface area contributed by atoms with Crippen molar-refractivity contribution in [3.05, 3.63) is 53.7 Å². The molecule has 1 aromatic carbocycles. The lowest BCUT2D eigenvalue weighted by Crippen LogP contribution is -2.29. The Balaban J connectivity index is 2.05. The van der Waals surface area contributed by atoms with Crippen LogP contribution in [0.5, 0.6) is 5.75 Å².